The standard InChI is InChI=1S/C12H10FN3/c1-16-7-6-15-12(16)11(8-14)9-2-4-10(13)5-3-9/h2-7,11H,1H3. The fourth-order valence-electron chi connectivity index (χ4n) is 1.59. The molecule has 0 aliphatic carbocycles. The topological polar surface area (TPSA) is 41.6 Å². The molecule has 0 spiro atoms. The molecule has 2 rings (SSSR count). The SMILES string of the molecule is Cn1ccnc1C(C#N)c1ccc(F)cc1. The molecule has 80 valence electrons. The van der Waals surface area contributed by atoms with Gasteiger partial charge in [-0.1, -0.05) is 12.1 Å². The average molecular weight is 215 g/mol. The molecule has 0 bridgehead atoms. The van der Waals surface area contributed by atoms with E-state index in [9.17, 15) is 4.39 Å². The van der Waals surface area contributed by atoms with Crippen molar-refractivity contribution in [1.29, 1.82) is 5.26 Å². The van der Waals surface area contributed by atoms with Crippen LogP contribution in [0.4, 0.5) is 4.39 Å². The summed E-state index contributed by atoms with van der Waals surface area (Å²) in [5.41, 5.74) is 0.748. The first kappa shape index (κ1) is 10.4. The first-order valence-corrected chi connectivity index (χ1v) is 4.84. The van der Waals surface area contributed by atoms with E-state index in [1.165, 1.54) is 12.1 Å². The Kier molecular flexibility index (Phi) is 2.69. The van der Waals surface area contributed by atoms with Crippen molar-refractivity contribution in [3.05, 3.63) is 53.9 Å². The predicted octanol–water partition coefficient (Wildman–Crippen LogP) is 2.21. The van der Waals surface area contributed by atoms with Crippen molar-refractivity contribution in [3.63, 3.8) is 0 Å². The molecule has 1 atom stereocenters. The summed E-state index contributed by atoms with van der Waals surface area (Å²) >= 11 is 0. The second-order valence-corrected chi connectivity index (χ2v) is 3.51. The zero-order chi connectivity index (χ0) is 11.5. The molecule has 1 aromatic heterocycles. The van der Waals surface area contributed by atoms with Gasteiger partial charge in [-0.2, -0.15) is 5.26 Å². The lowest BCUT2D eigenvalue weighted by atomic mass is 10.00. The van der Waals surface area contributed by atoms with Gasteiger partial charge in [0.1, 0.15) is 17.6 Å². The predicted molar refractivity (Wildman–Crippen MR) is 57.1 cm³/mol. The molecule has 0 fully saturated rings. The largest absolute Gasteiger partial charge is 0.337 e. The molecular weight excluding hydrogens is 205 g/mol. The molecule has 1 unspecified atom stereocenters. The Hall–Kier alpha value is -2.15. The van der Waals surface area contributed by atoms with Crippen molar-refractivity contribution < 1.29 is 4.39 Å². The maximum atomic E-state index is 12.8. The maximum absolute atomic E-state index is 12.8. The Balaban J connectivity index is 2.42. The minimum absolute atomic E-state index is 0.305. The third kappa shape index (κ3) is 1.80. The molecule has 16 heavy (non-hydrogen) atoms. The Morgan fingerprint density at radius 1 is 1.38 bits per heavy atom. The Morgan fingerprint density at radius 3 is 2.56 bits per heavy atom. The van der Waals surface area contributed by atoms with Crippen LogP contribution < -0.4 is 0 Å². The minimum Gasteiger partial charge on any atom is -0.337 e. The van der Waals surface area contributed by atoms with Crippen LogP contribution in [0.1, 0.15) is 17.3 Å². The van der Waals surface area contributed by atoms with E-state index in [0.717, 1.165) is 5.56 Å². The van der Waals surface area contributed by atoms with E-state index in [-0.39, 0.29) is 5.82 Å². The van der Waals surface area contributed by atoms with Gasteiger partial charge in [-0.3, -0.25) is 0 Å². The normalized spacial score (nSPS) is 12.1. The van der Waals surface area contributed by atoms with Crippen LogP contribution >= 0.6 is 0 Å². The zero-order valence-electron chi connectivity index (χ0n) is 8.76. The molecule has 0 radical (unpaired) electrons. The molecule has 0 aliphatic heterocycles. The summed E-state index contributed by atoms with van der Waals surface area (Å²) in [6.45, 7) is 0. The van der Waals surface area contributed by atoms with Gasteiger partial charge >= 0.3 is 0 Å². The quantitative estimate of drug-likeness (QED) is 0.770. The summed E-state index contributed by atoms with van der Waals surface area (Å²) in [4.78, 5) is 4.13. The van der Waals surface area contributed by atoms with Gasteiger partial charge in [0.05, 0.1) is 6.07 Å². The molecule has 0 saturated carbocycles. The van der Waals surface area contributed by atoms with Crippen molar-refractivity contribution in [2.24, 2.45) is 7.05 Å². The van der Waals surface area contributed by atoms with Crippen LogP contribution in [0, 0.1) is 17.1 Å². The number of hydrogen-bond donors (Lipinski definition) is 0. The van der Waals surface area contributed by atoms with E-state index in [4.69, 9.17) is 5.26 Å². The average Bonchev–Trinajstić information content (AvgIpc) is 2.69. The Bertz CT molecular complexity index is 522. The van der Waals surface area contributed by atoms with Crippen LogP contribution in [0.3, 0.4) is 0 Å². The fraction of sp³-hybridized carbons (Fsp3) is 0.167. The van der Waals surface area contributed by atoms with E-state index in [2.05, 4.69) is 11.1 Å². The van der Waals surface area contributed by atoms with Gasteiger partial charge in [0.15, 0.2) is 0 Å². The van der Waals surface area contributed by atoms with E-state index in [1.807, 2.05) is 7.05 Å². The summed E-state index contributed by atoms with van der Waals surface area (Å²) in [6.07, 6.45) is 3.42. The van der Waals surface area contributed by atoms with Gasteiger partial charge in [-0.15, -0.1) is 0 Å². The monoisotopic (exact) mass is 215 g/mol. The highest BCUT2D eigenvalue weighted by atomic mass is 19.1. The molecule has 0 saturated heterocycles. The molecule has 4 heteroatoms. The second kappa shape index (κ2) is 4.15. The van der Waals surface area contributed by atoms with Crippen molar-refractivity contribution in [1.82, 2.24) is 9.55 Å². The highest BCUT2D eigenvalue weighted by Gasteiger charge is 2.17. The number of aryl methyl sites for hydroxylation is 1. The van der Waals surface area contributed by atoms with Crippen molar-refractivity contribution in [3.8, 4) is 6.07 Å². The third-order valence-electron chi connectivity index (χ3n) is 2.45. The lowest BCUT2D eigenvalue weighted by Crippen LogP contribution is -2.05. The van der Waals surface area contributed by atoms with Crippen LogP contribution in [0.25, 0.3) is 0 Å². The summed E-state index contributed by atoms with van der Waals surface area (Å²) in [6, 6.07) is 8.09. The van der Waals surface area contributed by atoms with Crippen molar-refractivity contribution in [2.45, 2.75) is 5.92 Å². The highest BCUT2D eigenvalue weighted by molar-refractivity contribution is 5.32. The lowest BCUT2D eigenvalue weighted by Gasteiger charge is -2.09. The molecule has 1 heterocycles. The van der Waals surface area contributed by atoms with Crippen molar-refractivity contribution >= 4 is 0 Å². The fourth-order valence-corrected chi connectivity index (χ4v) is 1.59. The van der Waals surface area contributed by atoms with E-state index < -0.39 is 5.92 Å². The number of halogens is 1. The van der Waals surface area contributed by atoms with Crippen LogP contribution in [0.15, 0.2) is 36.7 Å². The molecule has 0 aliphatic rings. The molecule has 1 aromatic carbocycles. The number of nitrogens with zero attached hydrogens (tertiary/aromatic N) is 3. The zero-order valence-corrected chi connectivity index (χ0v) is 8.76. The minimum atomic E-state index is -0.458. The van der Waals surface area contributed by atoms with Gasteiger partial charge in [-0.05, 0) is 17.7 Å². The number of imidazole rings is 1. The van der Waals surface area contributed by atoms with Gasteiger partial charge in [0.2, 0.25) is 0 Å². The Morgan fingerprint density at radius 2 is 2.06 bits per heavy atom. The summed E-state index contributed by atoms with van der Waals surface area (Å²) < 4.78 is 14.6. The van der Waals surface area contributed by atoms with Gasteiger partial charge in [0, 0.05) is 19.4 Å². The van der Waals surface area contributed by atoms with Crippen molar-refractivity contribution in [2.75, 3.05) is 0 Å². The number of benzene rings is 1. The Labute approximate surface area is 92.8 Å². The smallest absolute Gasteiger partial charge is 0.130 e. The lowest BCUT2D eigenvalue weighted by molar-refractivity contribution is 0.626. The molecule has 0 N–H and O–H groups in total. The summed E-state index contributed by atoms with van der Waals surface area (Å²) in [7, 11) is 1.83. The van der Waals surface area contributed by atoms with Crippen LogP contribution in [-0.4, -0.2) is 9.55 Å². The van der Waals surface area contributed by atoms with Crippen LogP contribution in [0.5, 0.6) is 0 Å². The van der Waals surface area contributed by atoms with Gasteiger partial charge < -0.3 is 4.57 Å². The summed E-state index contributed by atoms with van der Waals surface area (Å²) in [5.74, 6) is -0.102. The van der Waals surface area contributed by atoms with Gasteiger partial charge in [-0.25, -0.2) is 9.37 Å². The van der Waals surface area contributed by atoms with E-state index >= 15 is 0 Å². The van der Waals surface area contributed by atoms with Crippen LogP contribution in [0.2, 0.25) is 0 Å². The first-order chi connectivity index (χ1) is 7.72. The molecular formula is C12H10FN3. The number of hydrogen-bond acceptors (Lipinski definition) is 2. The highest BCUT2D eigenvalue weighted by Crippen LogP contribution is 2.22. The number of rotatable bonds is 2. The van der Waals surface area contributed by atoms with E-state index in [1.54, 1.807) is 29.1 Å². The summed E-state index contributed by atoms with van der Waals surface area (Å²) in [5, 5.41) is 9.15. The third-order valence-corrected chi connectivity index (χ3v) is 2.45. The molecule has 0 amide bonds. The molecule has 3 nitrogen and oxygen atoms in total. The second-order valence-electron chi connectivity index (χ2n) is 3.51. The maximum Gasteiger partial charge on any atom is 0.130 e. The van der Waals surface area contributed by atoms with Gasteiger partial charge in [0.25, 0.3) is 0 Å². The number of aromatic nitrogens is 2. The first-order valence-electron chi connectivity index (χ1n) is 4.84. The molecule has 2 aromatic rings. The van der Waals surface area contributed by atoms with Crippen LogP contribution in [-0.2, 0) is 7.05 Å². The van der Waals surface area contributed by atoms with E-state index in [0.29, 0.717) is 5.82 Å². The number of nitriles is 1.